The first-order chi connectivity index (χ1) is 18.3. The van der Waals surface area contributed by atoms with Gasteiger partial charge >= 0.3 is 6.03 Å². The number of nitrogens with zero attached hydrogens (tertiary/aromatic N) is 4. The maximum absolute atomic E-state index is 13.8. The predicted molar refractivity (Wildman–Crippen MR) is 147 cm³/mol. The Balaban J connectivity index is 1.37. The Morgan fingerprint density at radius 2 is 1.76 bits per heavy atom. The summed E-state index contributed by atoms with van der Waals surface area (Å²) in [6, 6.07) is 10.7. The molecular formula is C30H41N5O3. The molecule has 2 aromatic rings. The van der Waals surface area contributed by atoms with Crippen LogP contribution in [0.25, 0.3) is 0 Å². The van der Waals surface area contributed by atoms with E-state index in [0.29, 0.717) is 24.7 Å². The smallest absolute Gasteiger partial charge is 0.321 e. The molecule has 8 nitrogen and oxygen atoms in total. The number of urea groups is 1. The van der Waals surface area contributed by atoms with Crippen LogP contribution in [0.2, 0.25) is 0 Å². The zero-order valence-corrected chi connectivity index (χ0v) is 22.7. The van der Waals surface area contributed by atoms with Gasteiger partial charge in [-0.1, -0.05) is 50.6 Å². The summed E-state index contributed by atoms with van der Waals surface area (Å²) in [6.45, 7) is 5.43. The molecule has 1 aromatic carbocycles. The summed E-state index contributed by atoms with van der Waals surface area (Å²) in [7, 11) is 0. The number of nitrogens with one attached hydrogen (secondary N) is 1. The number of amides is 3. The van der Waals surface area contributed by atoms with Crippen molar-refractivity contribution >= 4 is 17.6 Å². The summed E-state index contributed by atoms with van der Waals surface area (Å²) in [4.78, 5) is 38.1. The third-order valence-corrected chi connectivity index (χ3v) is 9.43. The van der Waals surface area contributed by atoms with E-state index >= 15 is 0 Å². The van der Waals surface area contributed by atoms with Gasteiger partial charge < -0.3 is 20.2 Å². The van der Waals surface area contributed by atoms with Gasteiger partial charge in [0.25, 0.3) is 0 Å². The molecule has 0 bridgehead atoms. The Bertz CT molecular complexity index is 1110. The van der Waals surface area contributed by atoms with E-state index in [0.717, 1.165) is 57.8 Å². The molecule has 2 saturated carbocycles. The Hall–Kier alpha value is -3.00. The lowest BCUT2D eigenvalue weighted by Gasteiger charge is -2.51. The summed E-state index contributed by atoms with van der Waals surface area (Å²) in [6.07, 6.45) is 12.9. The molecule has 5 rings (SSSR count). The molecule has 1 unspecified atom stereocenters. The molecule has 0 radical (unpaired) electrons. The van der Waals surface area contributed by atoms with Crippen LogP contribution in [0, 0.1) is 5.92 Å². The largest absolute Gasteiger partial charge is 0.388 e. The fourth-order valence-corrected chi connectivity index (χ4v) is 6.85. The van der Waals surface area contributed by atoms with E-state index in [2.05, 4.69) is 59.5 Å². The lowest BCUT2D eigenvalue weighted by atomic mass is 9.60. The highest BCUT2D eigenvalue weighted by molar-refractivity contribution is 5.94. The number of rotatable bonds is 9. The van der Waals surface area contributed by atoms with Gasteiger partial charge in [0.2, 0.25) is 5.91 Å². The van der Waals surface area contributed by atoms with Crippen LogP contribution in [0.5, 0.6) is 0 Å². The van der Waals surface area contributed by atoms with Crippen molar-refractivity contribution in [3.8, 4) is 0 Å². The first-order valence-electron chi connectivity index (χ1n) is 14.2. The molecule has 3 amide bonds. The lowest BCUT2D eigenvalue weighted by molar-refractivity contribution is -0.116. The Morgan fingerprint density at radius 1 is 1.08 bits per heavy atom. The maximum atomic E-state index is 13.8. The molecule has 2 N–H and O–H groups in total. The number of aliphatic hydroxyl groups is 1. The van der Waals surface area contributed by atoms with Crippen molar-refractivity contribution < 1.29 is 14.7 Å². The van der Waals surface area contributed by atoms with Gasteiger partial charge in [0.1, 0.15) is 12.9 Å². The van der Waals surface area contributed by atoms with Gasteiger partial charge in [-0.3, -0.25) is 4.79 Å². The number of aromatic nitrogens is 2. The second kappa shape index (κ2) is 10.6. The number of hydrogen-bond acceptors (Lipinski definition) is 5. The minimum absolute atomic E-state index is 0.0267. The van der Waals surface area contributed by atoms with Crippen molar-refractivity contribution in [2.45, 2.75) is 88.2 Å². The Kier molecular flexibility index (Phi) is 7.45. The van der Waals surface area contributed by atoms with Crippen molar-refractivity contribution in [2.75, 3.05) is 25.0 Å². The van der Waals surface area contributed by atoms with E-state index < -0.39 is 5.60 Å². The van der Waals surface area contributed by atoms with Crippen molar-refractivity contribution in [2.24, 2.45) is 5.92 Å². The van der Waals surface area contributed by atoms with E-state index in [9.17, 15) is 14.7 Å². The number of β-amino-alcohol motifs (C(OH)–C–C–N with tert-alkyl or cyclic N) is 1. The molecule has 1 aromatic heterocycles. The highest BCUT2D eigenvalue weighted by Gasteiger charge is 2.56. The number of benzene rings is 1. The summed E-state index contributed by atoms with van der Waals surface area (Å²) < 4.78 is 0. The van der Waals surface area contributed by atoms with Crippen molar-refractivity contribution in [3.63, 3.8) is 0 Å². The van der Waals surface area contributed by atoms with Gasteiger partial charge in [-0.05, 0) is 68.3 Å². The molecule has 1 spiro atoms. The molecule has 3 fully saturated rings. The molecule has 2 aliphatic carbocycles. The van der Waals surface area contributed by atoms with Crippen LogP contribution in [0.15, 0.2) is 49.1 Å². The fourth-order valence-electron chi connectivity index (χ4n) is 6.85. The number of carbonyl (C=O) groups excluding carboxylic acids is 2. The lowest BCUT2D eigenvalue weighted by Crippen LogP contribution is -2.58. The van der Waals surface area contributed by atoms with Gasteiger partial charge in [-0.25, -0.2) is 14.8 Å². The monoisotopic (exact) mass is 519 g/mol. The number of carbonyl (C=O) groups is 2. The van der Waals surface area contributed by atoms with Gasteiger partial charge in [0, 0.05) is 6.54 Å². The van der Waals surface area contributed by atoms with Crippen LogP contribution in [0.3, 0.4) is 0 Å². The normalized spacial score (nSPS) is 27.3. The van der Waals surface area contributed by atoms with Crippen LogP contribution in [0.1, 0.15) is 77.2 Å². The first kappa shape index (κ1) is 26.6. The van der Waals surface area contributed by atoms with Gasteiger partial charge in [0.05, 0.1) is 35.8 Å². The Morgan fingerprint density at radius 3 is 2.37 bits per heavy atom. The van der Waals surface area contributed by atoms with Gasteiger partial charge in [0.15, 0.2) is 0 Å². The van der Waals surface area contributed by atoms with Crippen molar-refractivity contribution in [1.82, 2.24) is 19.8 Å². The third-order valence-electron chi connectivity index (χ3n) is 9.43. The zero-order chi connectivity index (χ0) is 26.8. The quantitative estimate of drug-likeness (QED) is 0.498. The zero-order valence-electron chi connectivity index (χ0n) is 22.7. The van der Waals surface area contributed by atoms with Gasteiger partial charge in [-0.15, -0.1) is 0 Å². The van der Waals surface area contributed by atoms with Crippen LogP contribution in [-0.4, -0.2) is 67.6 Å². The molecule has 38 heavy (non-hydrogen) atoms. The van der Waals surface area contributed by atoms with Crippen LogP contribution >= 0.6 is 0 Å². The highest BCUT2D eigenvalue weighted by atomic mass is 16.3. The van der Waals surface area contributed by atoms with Crippen LogP contribution in [-0.2, 0) is 10.2 Å². The second-order valence-electron chi connectivity index (χ2n) is 12.1. The van der Waals surface area contributed by atoms with E-state index in [1.807, 2.05) is 4.90 Å². The third kappa shape index (κ3) is 5.28. The minimum Gasteiger partial charge on any atom is -0.388 e. The summed E-state index contributed by atoms with van der Waals surface area (Å²) in [5.74, 6) is 0.349. The molecule has 8 heteroatoms. The number of hydrogen-bond donors (Lipinski definition) is 2. The topological polar surface area (TPSA) is 98.7 Å². The summed E-state index contributed by atoms with van der Waals surface area (Å²) in [5, 5.41) is 13.9. The fraction of sp³-hybridized carbons (Fsp3) is 0.600. The first-order valence-corrected chi connectivity index (χ1v) is 14.2. The molecule has 1 aliphatic heterocycles. The van der Waals surface area contributed by atoms with Crippen LogP contribution in [0.4, 0.5) is 10.5 Å². The van der Waals surface area contributed by atoms with E-state index in [4.69, 9.17) is 0 Å². The van der Waals surface area contributed by atoms with Crippen molar-refractivity contribution in [1.29, 1.82) is 0 Å². The minimum atomic E-state index is -0.813. The average Bonchev–Trinajstić information content (AvgIpc) is 3.15. The SMILES string of the molecule is CCC(C)CC1(c2ccccc2)CCC2(CC1)CN(CC(=O)Nc1cncnc1)C(=O)N2CC1(O)CCC1. The maximum Gasteiger partial charge on any atom is 0.321 e. The summed E-state index contributed by atoms with van der Waals surface area (Å²) in [5.41, 5.74) is 0.807. The molecule has 1 saturated heterocycles. The Labute approximate surface area is 225 Å². The molecule has 3 aliphatic rings. The van der Waals surface area contributed by atoms with E-state index in [1.165, 1.54) is 24.3 Å². The van der Waals surface area contributed by atoms with Gasteiger partial charge in [-0.2, -0.15) is 0 Å². The highest BCUT2D eigenvalue weighted by Crippen LogP contribution is 2.51. The van der Waals surface area contributed by atoms with E-state index in [-0.39, 0.29) is 29.4 Å². The van der Waals surface area contributed by atoms with Crippen molar-refractivity contribution in [3.05, 3.63) is 54.6 Å². The standard InChI is InChI=1S/C30H41N5O3/c1-3-23(2)16-28(24-8-5-4-6-9-24)12-14-29(15-13-28)20-34(19-26(36)33-25-17-31-22-32-18-25)27(37)35(29)21-30(38)10-7-11-30/h4-6,8-9,17-18,22-23,38H,3,7,10-16,19-21H2,1-2H3,(H,33,36). The molecule has 204 valence electrons. The average molecular weight is 520 g/mol. The predicted octanol–water partition coefficient (Wildman–Crippen LogP) is 4.75. The van der Waals surface area contributed by atoms with Crippen LogP contribution < -0.4 is 5.32 Å². The molecular weight excluding hydrogens is 478 g/mol. The van der Waals surface area contributed by atoms with E-state index in [1.54, 1.807) is 4.90 Å². The molecule has 2 heterocycles. The number of anilines is 1. The summed E-state index contributed by atoms with van der Waals surface area (Å²) >= 11 is 0. The second-order valence-corrected chi connectivity index (χ2v) is 12.1. The molecule has 1 atom stereocenters.